The maximum Gasteiger partial charge on any atom is 0.338 e. The van der Waals surface area contributed by atoms with Crippen LogP contribution in [0.4, 0.5) is 4.79 Å². The zero-order valence-electron chi connectivity index (χ0n) is 16.4. The molecule has 1 unspecified atom stereocenters. The standard InChI is InChI=1S/C19H27N3O5/c1-5-7-10-21-17(23)18(24)22(19(21)25)13-20(3)12-14-8-9-15(27-6-2)16(11-14)26-4/h8-9,11H,5-7,10,12-13H2,1-4H3/p+1. The predicted octanol–water partition coefficient (Wildman–Crippen LogP) is 0.657. The molecule has 0 radical (unpaired) electrons. The van der Waals surface area contributed by atoms with E-state index in [4.69, 9.17) is 9.47 Å². The molecule has 1 N–H and O–H groups in total. The van der Waals surface area contributed by atoms with Crippen molar-refractivity contribution in [1.82, 2.24) is 9.80 Å². The van der Waals surface area contributed by atoms with Crippen molar-refractivity contribution in [1.29, 1.82) is 0 Å². The highest BCUT2D eigenvalue weighted by atomic mass is 16.5. The quantitative estimate of drug-likeness (QED) is 0.478. The number of methoxy groups -OCH3 is 1. The lowest BCUT2D eigenvalue weighted by molar-refractivity contribution is -0.901. The first-order valence-electron chi connectivity index (χ1n) is 9.21. The molecule has 1 atom stereocenters. The molecule has 1 aromatic rings. The van der Waals surface area contributed by atoms with Crippen LogP contribution in [0.2, 0.25) is 0 Å². The largest absolute Gasteiger partial charge is 0.493 e. The predicted molar refractivity (Wildman–Crippen MR) is 98.5 cm³/mol. The second kappa shape index (κ2) is 9.36. The Morgan fingerprint density at radius 3 is 2.37 bits per heavy atom. The van der Waals surface area contributed by atoms with Gasteiger partial charge in [0.05, 0.1) is 20.8 Å². The highest BCUT2D eigenvalue weighted by Gasteiger charge is 2.45. The number of ether oxygens (including phenoxy) is 2. The maximum absolute atomic E-state index is 12.4. The Hall–Kier alpha value is -2.61. The fraction of sp³-hybridized carbons (Fsp3) is 0.526. The molecule has 1 aliphatic heterocycles. The summed E-state index contributed by atoms with van der Waals surface area (Å²) in [6.45, 7) is 5.38. The normalized spacial score (nSPS) is 15.5. The van der Waals surface area contributed by atoms with Gasteiger partial charge < -0.3 is 14.4 Å². The monoisotopic (exact) mass is 378 g/mol. The van der Waals surface area contributed by atoms with E-state index < -0.39 is 17.8 Å². The number of urea groups is 1. The van der Waals surface area contributed by atoms with E-state index in [0.717, 1.165) is 26.7 Å². The number of nitrogens with one attached hydrogen (secondary N) is 1. The first-order valence-corrected chi connectivity index (χ1v) is 9.21. The van der Waals surface area contributed by atoms with Crippen LogP contribution in [0.5, 0.6) is 11.5 Å². The fourth-order valence-electron chi connectivity index (χ4n) is 2.97. The molecule has 148 valence electrons. The molecule has 27 heavy (non-hydrogen) atoms. The van der Waals surface area contributed by atoms with Crippen LogP contribution >= 0.6 is 0 Å². The van der Waals surface area contributed by atoms with Crippen LogP contribution in [-0.4, -0.2) is 61.6 Å². The second-order valence-corrected chi connectivity index (χ2v) is 6.54. The van der Waals surface area contributed by atoms with E-state index in [2.05, 4.69) is 0 Å². The number of unbranched alkanes of at least 4 members (excludes halogenated alkanes) is 1. The minimum absolute atomic E-state index is 0.127. The Balaban J connectivity index is 2.03. The molecule has 0 bridgehead atoms. The molecule has 2 rings (SSSR count). The van der Waals surface area contributed by atoms with Crippen LogP contribution in [0.3, 0.4) is 0 Å². The van der Waals surface area contributed by atoms with Crippen molar-refractivity contribution < 1.29 is 28.8 Å². The highest BCUT2D eigenvalue weighted by molar-refractivity contribution is 6.44. The Kier molecular flexibility index (Phi) is 7.18. The van der Waals surface area contributed by atoms with Crippen LogP contribution in [0.25, 0.3) is 0 Å². The Bertz CT molecular complexity index is 707. The third-order valence-corrected chi connectivity index (χ3v) is 4.33. The molecule has 0 aromatic heterocycles. The van der Waals surface area contributed by atoms with Crippen molar-refractivity contribution in [2.24, 2.45) is 0 Å². The van der Waals surface area contributed by atoms with Crippen LogP contribution in [0.1, 0.15) is 32.3 Å². The van der Waals surface area contributed by atoms with Gasteiger partial charge in [0.25, 0.3) is 0 Å². The van der Waals surface area contributed by atoms with Gasteiger partial charge in [0.1, 0.15) is 6.54 Å². The Morgan fingerprint density at radius 2 is 1.74 bits per heavy atom. The number of benzene rings is 1. The molecule has 1 fully saturated rings. The highest BCUT2D eigenvalue weighted by Crippen LogP contribution is 2.27. The van der Waals surface area contributed by atoms with Gasteiger partial charge in [-0.15, -0.1) is 0 Å². The maximum atomic E-state index is 12.4. The summed E-state index contributed by atoms with van der Waals surface area (Å²) in [7, 11) is 3.44. The molecule has 4 amide bonds. The molecule has 1 aromatic carbocycles. The SMILES string of the molecule is CCCCN1C(=O)C(=O)N(C[NH+](C)Cc2ccc(OCC)c(OC)c2)C1=O. The van der Waals surface area contributed by atoms with E-state index in [1.54, 1.807) is 7.11 Å². The number of amides is 4. The van der Waals surface area contributed by atoms with E-state index in [0.29, 0.717) is 31.1 Å². The third kappa shape index (κ3) is 4.77. The van der Waals surface area contributed by atoms with Gasteiger partial charge in [-0.05, 0) is 31.5 Å². The smallest absolute Gasteiger partial charge is 0.338 e. The van der Waals surface area contributed by atoms with Crippen LogP contribution < -0.4 is 14.4 Å². The molecule has 8 nitrogen and oxygen atoms in total. The summed E-state index contributed by atoms with van der Waals surface area (Å²) in [6, 6.07) is 5.11. The summed E-state index contributed by atoms with van der Waals surface area (Å²) in [5.41, 5.74) is 0.973. The molecule has 0 saturated carbocycles. The fourth-order valence-corrected chi connectivity index (χ4v) is 2.97. The lowest BCUT2D eigenvalue weighted by Gasteiger charge is -2.20. The average molecular weight is 378 g/mol. The van der Waals surface area contributed by atoms with E-state index in [-0.39, 0.29) is 13.2 Å². The molecule has 0 aliphatic carbocycles. The molecule has 0 spiro atoms. The average Bonchev–Trinajstić information content (AvgIpc) is 2.85. The number of nitrogens with zero attached hydrogens (tertiary/aromatic N) is 2. The van der Waals surface area contributed by atoms with Gasteiger partial charge in [0, 0.05) is 12.1 Å². The summed E-state index contributed by atoms with van der Waals surface area (Å²) >= 11 is 0. The Morgan fingerprint density at radius 1 is 1.04 bits per heavy atom. The van der Waals surface area contributed by atoms with Gasteiger partial charge in [-0.1, -0.05) is 13.3 Å². The van der Waals surface area contributed by atoms with Crippen LogP contribution in [0.15, 0.2) is 18.2 Å². The van der Waals surface area contributed by atoms with Crippen molar-refractivity contribution in [2.75, 3.05) is 34.0 Å². The molecular formula is C19H28N3O5+. The number of rotatable bonds is 10. The van der Waals surface area contributed by atoms with Gasteiger partial charge in [-0.2, -0.15) is 0 Å². The van der Waals surface area contributed by atoms with Gasteiger partial charge in [-0.3, -0.25) is 14.5 Å². The van der Waals surface area contributed by atoms with Gasteiger partial charge in [0.2, 0.25) is 0 Å². The van der Waals surface area contributed by atoms with E-state index in [9.17, 15) is 14.4 Å². The number of hydrogen-bond donors (Lipinski definition) is 1. The molecule has 1 heterocycles. The topological polar surface area (TPSA) is 80.6 Å². The number of imide groups is 2. The zero-order valence-corrected chi connectivity index (χ0v) is 16.4. The summed E-state index contributed by atoms with van der Waals surface area (Å²) in [6.07, 6.45) is 1.53. The summed E-state index contributed by atoms with van der Waals surface area (Å²) in [4.78, 5) is 39.5. The number of carbonyl (C=O) groups excluding carboxylic acids is 3. The van der Waals surface area contributed by atoms with Crippen molar-refractivity contribution in [3.05, 3.63) is 23.8 Å². The van der Waals surface area contributed by atoms with Gasteiger partial charge in [0.15, 0.2) is 18.2 Å². The van der Waals surface area contributed by atoms with Crippen molar-refractivity contribution >= 4 is 17.8 Å². The van der Waals surface area contributed by atoms with Crippen molar-refractivity contribution in [3.8, 4) is 11.5 Å². The minimum atomic E-state index is -0.750. The first-order chi connectivity index (χ1) is 12.9. The summed E-state index contributed by atoms with van der Waals surface area (Å²) in [5, 5.41) is 0. The van der Waals surface area contributed by atoms with Gasteiger partial charge in [-0.25, -0.2) is 9.69 Å². The first kappa shape index (κ1) is 20.7. The van der Waals surface area contributed by atoms with Gasteiger partial charge >= 0.3 is 17.8 Å². The van der Waals surface area contributed by atoms with Crippen LogP contribution in [-0.2, 0) is 16.1 Å². The molecular weight excluding hydrogens is 350 g/mol. The Labute approximate surface area is 159 Å². The lowest BCUT2D eigenvalue weighted by Crippen LogP contribution is -3.09. The number of quaternary nitrogens is 1. The lowest BCUT2D eigenvalue weighted by atomic mass is 10.2. The van der Waals surface area contributed by atoms with E-state index in [1.807, 2.05) is 39.1 Å². The number of carbonyl (C=O) groups is 3. The van der Waals surface area contributed by atoms with Crippen molar-refractivity contribution in [3.63, 3.8) is 0 Å². The molecule has 1 aliphatic rings. The minimum Gasteiger partial charge on any atom is -0.493 e. The molecule has 1 saturated heterocycles. The summed E-state index contributed by atoms with van der Waals surface area (Å²) < 4.78 is 10.9. The third-order valence-electron chi connectivity index (χ3n) is 4.33. The zero-order chi connectivity index (χ0) is 20.0. The second-order valence-electron chi connectivity index (χ2n) is 6.54. The van der Waals surface area contributed by atoms with E-state index >= 15 is 0 Å². The van der Waals surface area contributed by atoms with Crippen LogP contribution in [0, 0.1) is 0 Å². The van der Waals surface area contributed by atoms with E-state index in [1.165, 1.54) is 0 Å². The number of hydrogen-bond acceptors (Lipinski definition) is 5. The summed E-state index contributed by atoms with van der Waals surface area (Å²) in [5.74, 6) is -0.177. The van der Waals surface area contributed by atoms with Crippen molar-refractivity contribution in [2.45, 2.75) is 33.2 Å². The molecule has 8 heteroatoms.